The molecule has 26 heavy (non-hydrogen) atoms. The van der Waals surface area contributed by atoms with Crippen molar-refractivity contribution in [2.45, 2.75) is 44.9 Å². The van der Waals surface area contributed by atoms with E-state index in [1.54, 1.807) is 0 Å². The van der Waals surface area contributed by atoms with Crippen LogP contribution >= 0.6 is 0 Å². The second-order valence-corrected chi connectivity index (χ2v) is 8.20. The number of methoxy groups -OCH3 is 1. The summed E-state index contributed by atoms with van der Waals surface area (Å²) >= 11 is 0. The van der Waals surface area contributed by atoms with Gasteiger partial charge in [0, 0.05) is 36.7 Å². The fourth-order valence-corrected chi connectivity index (χ4v) is 5.44. The first kappa shape index (κ1) is 17.6. The number of ether oxygens (including phenoxy) is 1. The summed E-state index contributed by atoms with van der Waals surface area (Å²) in [5.74, 6) is -0.255. The molecule has 0 spiro atoms. The lowest BCUT2D eigenvalue weighted by atomic mass is 9.71. The van der Waals surface area contributed by atoms with Gasteiger partial charge in [0.05, 0.1) is 13.0 Å². The van der Waals surface area contributed by atoms with Gasteiger partial charge in [-0.3, -0.25) is 4.79 Å². The lowest BCUT2D eigenvalue weighted by Crippen LogP contribution is -2.44. The highest BCUT2D eigenvalue weighted by atomic mass is 16.5. The van der Waals surface area contributed by atoms with E-state index < -0.39 is 0 Å². The van der Waals surface area contributed by atoms with Gasteiger partial charge in [0.1, 0.15) is 0 Å². The van der Waals surface area contributed by atoms with E-state index in [1.807, 2.05) is 0 Å². The van der Waals surface area contributed by atoms with Crippen LogP contribution in [0.5, 0.6) is 0 Å². The number of aromatic nitrogens is 1. The summed E-state index contributed by atoms with van der Waals surface area (Å²) in [6.07, 6.45) is 5.47. The largest absolute Gasteiger partial charge is 0.469 e. The molecule has 0 aliphatic carbocycles. The van der Waals surface area contributed by atoms with Crippen molar-refractivity contribution in [3.05, 3.63) is 35.5 Å². The van der Waals surface area contributed by atoms with Gasteiger partial charge in [0.2, 0.25) is 0 Å². The number of aryl methyl sites for hydroxylation is 1. The minimum atomic E-state index is -0.176. The second-order valence-electron chi connectivity index (χ2n) is 8.20. The number of para-hydroxylation sites is 1. The molecule has 2 aliphatic heterocycles. The topological polar surface area (TPSA) is 34.5 Å². The number of piperidine rings is 1. The van der Waals surface area contributed by atoms with E-state index in [0.717, 1.165) is 32.4 Å². The van der Waals surface area contributed by atoms with Crippen LogP contribution in [-0.2, 0) is 23.0 Å². The maximum Gasteiger partial charge on any atom is 0.314 e. The molecule has 3 heterocycles. The van der Waals surface area contributed by atoms with Gasteiger partial charge < -0.3 is 14.2 Å². The summed E-state index contributed by atoms with van der Waals surface area (Å²) < 4.78 is 7.55. The van der Waals surface area contributed by atoms with E-state index >= 15 is 0 Å². The van der Waals surface area contributed by atoms with Crippen molar-refractivity contribution in [2.75, 3.05) is 26.7 Å². The summed E-state index contributed by atoms with van der Waals surface area (Å²) in [5.41, 5.74) is 3.96. The number of nitrogens with zero attached hydrogens (tertiary/aromatic N) is 2. The van der Waals surface area contributed by atoms with Gasteiger partial charge in [-0.2, -0.15) is 0 Å². The number of rotatable bonds is 2. The first-order valence-corrected chi connectivity index (χ1v) is 9.95. The van der Waals surface area contributed by atoms with Gasteiger partial charge in [0.25, 0.3) is 0 Å². The van der Waals surface area contributed by atoms with Crippen molar-refractivity contribution in [1.29, 1.82) is 0 Å². The molecule has 3 atom stereocenters. The van der Waals surface area contributed by atoms with Crippen LogP contribution in [0.25, 0.3) is 10.9 Å². The highest BCUT2D eigenvalue weighted by Gasteiger charge is 2.41. The Morgan fingerprint density at radius 2 is 2.12 bits per heavy atom. The van der Waals surface area contributed by atoms with Gasteiger partial charge in [-0.25, -0.2) is 0 Å². The molecule has 4 nitrogen and oxygen atoms in total. The van der Waals surface area contributed by atoms with Crippen molar-refractivity contribution in [1.82, 2.24) is 9.47 Å². The van der Waals surface area contributed by atoms with Gasteiger partial charge in [0.15, 0.2) is 0 Å². The lowest BCUT2D eigenvalue weighted by molar-refractivity contribution is -0.143. The molecule has 4 heteroatoms. The highest BCUT2D eigenvalue weighted by Crippen LogP contribution is 2.45. The second kappa shape index (κ2) is 6.73. The summed E-state index contributed by atoms with van der Waals surface area (Å²) in [6, 6.07) is 8.56. The number of carbonyl (C=O) groups excluding carboxylic acids is 1. The van der Waals surface area contributed by atoms with Crippen LogP contribution < -0.4 is 0 Å². The minimum absolute atomic E-state index is 0.0796. The molecule has 0 amide bonds. The van der Waals surface area contributed by atoms with Crippen LogP contribution in [0.3, 0.4) is 0 Å². The fourth-order valence-electron chi connectivity index (χ4n) is 5.44. The van der Waals surface area contributed by atoms with Crippen LogP contribution in [0.2, 0.25) is 0 Å². The smallest absolute Gasteiger partial charge is 0.314 e. The maximum atomic E-state index is 12.9. The molecule has 140 valence electrons. The predicted octanol–water partition coefficient (Wildman–Crippen LogP) is 3.87. The van der Waals surface area contributed by atoms with Crippen LogP contribution in [0.4, 0.5) is 0 Å². The van der Waals surface area contributed by atoms with Crippen molar-refractivity contribution >= 4 is 16.9 Å². The summed E-state index contributed by atoms with van der Waals surface area (Å²) in [4.78, 5) is 15.5. The predicted molar refractivity (Wildman–Crippen MR) is 104 cm³/mol. The van der Waals surface area contributed by atoms with Crippen molar-refractivity contribution in [3.63, 3.8) is 0 Å². The van der Waals surface area contributed by atoms with Gasteiger partial charge in [-0.05, 0) is 55.7 Å². The minimum Gasteiger partial charge on any atom is -0.469 e. The fraction of sp³-hybridized carbons (Fsp3) is 0.591. The zero-order valence-electron chi connectivity index (χ0n) is 16.3. The Morgan fingerprint density at radius 3 is 2.88 bits per heavy atom. The van der Waals surface area contributed by atoms with Crippen molar-refractivity contribution < 1.29 is 9.53 Å². The average Bonchev–Trinajstić information content (AvgIpc) is 2.97. The van der Waals surface area contributed by atoms with E-state index in [9.17, 15) is 4.79 Å². The standard InChI is InChI=1S/C22H30N2O2/c1-4-22-11-7-12-24(15-22)13-10-17-16-8-5-6-9-19(16)23(2)20(17)18(14-22)21(25)26-3/h5-6,8-9,18H,4,7,10-15H2,1-3H3/t18?,22-/m0/s1. The molecule has 2 aliphatic rings. The van der Waals surface area contributed by atoms with Gasteiger partial charge in [-0.1, -0.05) is 25.1 Å². The molecule has 4 rings (SSSR count). The van der Waals surface area contributed by atoms with E-state index in [1.165, 1.54) is 48.7 Å². The van der Waals surface area contributed by atoms with Gasteiger partial charge >= 0.3 is 5.97 Å². The van der Waals surface area contributed by atoms with Crippen LogP contribution in [0.1, 0.15) is 49.8 Å². The van der Waals surface area contributed by atoms with E-state index in [4.69, 9.17) is 4.74 Å². The molecule has 2 aromatic rings. The zero-order chi connectivity index (χ0) is 18.3. The third-order valence-electron chi connectivity index (χ3n) is 6.88. The number of hydrogen-bond acceptors (Lipinski definition) is 3. The molecule has 0 N–H and O–H groups in total. The quantitative estimate of drug-likeness (QED) is 0.768. The van der Waals surface area contributed by atoms with E-state index in [0.29, 0.717) is 0 Å². The highest BCUT2D eigenvalue weighted by molar-refractivity contribution is 5.89. The normalized spacial score (nSPS) is 28.7. The maximum absolute atomic E-state index is 12.9. The van der Waals surface area contributed by atoms with Crippen LogP contribution in [-0.4, -0.2) is 42.2 Å². The SMILES string of the molecule is CC[C@]12CCCN(CCc3c(n(C)c4ccccc34)C(C(=O)OC)C1)C2. The summed E-state index contributed by atoms with van der Waals surface area (Å²) in [6.45, 7) is 5.67. The molecule has 1 fully saturated rings. The molecule has 1 aromatic carbocycles. The number of hydrogen-bond donors (Lipinski definition) is 0. The van der Waals surface area contributed by atoms with Crippen LogP contribution in [0, 0.1) is 5.41 Å². The average molecular weight is 354 g/mol. The van der Waals surface area contributed by atoms with Crippen molar-refractivity contribution in [2.24, 2.45) is 12.5 Å². The molecule has 2 bridgehead atoms. The summed E-state index contributed by atoms with van der Waals surface area (Å²) in [7, 11) is 3.64. The Hall–Kier alpha value is -1.81. The van der Waals surface area contributed by atoms with E-state index in [2.05, 4.69) is 47.7 Å². The third-order valence-corrected chi connectivity index (χ3v) is 6.88. The number of carbonyl (C=O) groups is 1. The Bertz CT molecular complexity index is 825. The monoisotopic (exact) mass is 354 g/mol. The van der Waals surface area contributed by atoms with E-state index in [-0.39, 0.29) is 17.3 Å². The molecular weight excluding hydrogens is 324 g/mol. The Labute approximate surface area is 156 Å². The molecule has 0 saturated carbocycles. The molecule has 2 unspecified atom stereocenters. The third kappa shape index (κ3) is 2.75. The number of benzene rings is 1. The Morgan fingerprint density at radius 1 is 1.31 bits per heavy atom. The number of fused-ring (bicyclic) bond motifs is 5. The lowest BCUT2D eigenvalue weighted by Gasteiger charge is -2.43. The Kier molecular flexibility index (Phi) is 4.55. The molecule has 1 saturated heterocycles. The van der Waals surface area contributed by atoms with Gasteiger partial charge in [-0.15, -0.1) is 0 Å². The first-order chi connectivity index (χ1) is 12.6. The van der Waals surface area contributed by atoms with Crippen molar-refractivity contribution in [3.8, 4) is 0 Å². The Balaban J connectivity index is 1.92. The number of esters is 1. The summed E-state index contributed by atoms with van der Waals surface area (Å²) in [5, 5.41) is 1.29. The van der Waals surface area contributed by atoms with Crippen LogP contribution in [0.15, 0.2) is 24.3 Å². The molecule has 1 aromatic heterocycles. The molecule has 0 radical (unpaired) electrons. The zero-order valence-corrected chi connectivity index (χ0v) is 16.3. The molecular formula is C22H30N2O2. The first-order valence-electron chi connectivity index (χ1n) is 9.95.